The molecular weight excluding hydrogens is 730 g/mol. The second kappa shape index (κ2) is 16.3. The summed E-state index contributed by atoms with van der Waals surface area (Å²) in [6, 6.07) is 31.0. The summed E-state index contributed by atoms with van der Waals surface area (Å²) in [5.74, 6) is -1.82. The Labute approximate surface area is 304 Å². The molecule has 5 aromatic carbocycles. The van der Waals surface area contributed by atoms with Gasteiger partial charge in [-0.1, -0.05) is 95.5 Å². The Morgan fingerprint density at radius 2 is 1.42 bits per heavy atom. The maximum Gasteiger partial charge on any atom is 0.416 e. The van der Waals surface area contributed by atoms with Crippen LogP contribution >= 0.6 is 46.6 Å². The van der Waals surface area contributed by atoms with Crippen LogP contribution in [0.5, 0.6) is 0 Å². The molecule has 1 unspecified atom stereocenters. The predicted octanol–water partition coefficient (Wildman–Crippen LogP) is 10.5. The van der Waals surface area contributed by atoms with Gasteiger partial charge < -0.3 is 16.0 Å². The third kappa shape index (κ3) is 9.70. The van der Waals surface area contributed by atoms with Gasteiger partial charge in [0.15, 0.2) is 0 Å². The van der Waals surface area contributed by atoms with E-state index in [0.717, 1.165) is 30.0 Å². The van der Waals surface area contributed by atoms with Gasteiger partial charge in [-0.25, -0.2) is 0 Å². The van der Waals surface area contributed by atoms with E-state index < -0.39 is 34.7 Å². The van der Waals surface area contributed by atoms with E-state index in [9.17, 15) is 27.6 Å². The number of nitrogens with one attached hydrogen (secondary N) is 3. The molecule has 0 radical (unpaired) electrons. The zero-order chi connectivity index (χ0) is 35.8. The predicted molar refractivity (Wildman–Crippen MR) is 194 cm³/mol. The molecule has 0 saturated carbocycles. The van der Waals surface area contributed by atoms with Gasteiger partial charge in [-0.05, 0) is 77.9 Å². The van der Waals surface area contributed by atoms with Crippen molar-refractivity contribution in [1.29, 1.82) is 0 Å². The molecule has 6 nitrogen and oxygen atoms in total. The maximum absolute atomic E-state index is 13.6. The summed E-state index contributed by atoms with van der Waals surface area (Å²) < 4.78 is 40.1. The van der Waals surface area contributed by atoms with Gasteiger partial charge in [0.2, 0.25) is 5.91 Å². The molecule has 5 aromatic rings. The highest BCUT2D eigenvalue weighted by Gasteiger charge is 2.32. The summed E-state index contributed by atoms with van der Waals surface area (Å²) in [6.45, 7) is 0. The average molecular weight is 755 g/mol. The number of anilines is 2. The Morgan fingerprint density at radius 3 is 2.10 bits per heavy atom. The largest absolute Gasteiger partial charge is 0.416 e. The van der Waals surface area contributed by atoms with Crippen LogP contribution < -0.4 is 16.0 Å². The van der Waals surface area contributed by atoms with E-state index in [1.54, 1.807) is 97.1 Å². The van der Waals surface area contributed by atoms with E-state index in [-0.39, 0.29) is 21.4 Å². The lowest BCUT2D eigenvalue weighted by Gasteiger charge is -2.19. The van der Waals surface area contributed by atoms with Crippen molar-refractivity contribution in [3.05, 3.63) is 164 Å². The van der Waals surface area contributed by atoms with Crippen molar-refractivity contribution in [2.75, 3.05) is 10.6 Å². The molecule has 0 aliphatic rings. The lowest BCUT2D eigenvalue weighted by Crippen LogP contribution is -2.30. The molecule has 0 bridgehead atoms. The highest BCUT2D eigenvalue weighted by Crippen LogP contribution is 2.39. The van der Waals surface area contributed by atoms with Crippen LogP contribution in [0.15, 0.2) is 132 Å². The molecule has 13 heteroatoms. The number of amides is 3. The molecule has 0 aliphatic heterocycles. The molecule has 0 heterocycles. The molecule has 254 valence electrons. The lowest BCUT2D eigenvalue weighted by molar-refractivity contribution is -0.137. The molecule has 0 spiro atoms. The van der Waals surface area contributed by atoms with Gasteiger partial charge in [-0.3, -0.25) is 14.4 Å². The van der Waals surface area contributed by atoms with E-state index in [1.165, 1.54) is 12.1 Å². The lowest BCUT2D eigenvalue weighted by atomic mass is 10.1. The second-order valence-electron chi connectivity index (χ2n) is 10.6. The van der Waals surface area contributed by atoms with Gasteiger partial charge in [0, 0.05) is 26.2 Å². The van der Waals surface area contributed by atoms with Crippen LogP contribution in [0, 0.1) is 0 Å². The first-order valence-corrected chi connectivity index (χ1v) is 16.7. The van der Waals surface area contributed by atoms with Crippen molar-refractivity contribution >= 4 is 81.7 Å². The minimum absolute atomic E-state index is 0.0593. The van der Waals surface area contributed by atoms with Crippen molar-refractivity contribution in [3.63, 3.8) is 0 Å². The van der Waals surface area contributed by atoms with Gasteiger partial charge in [-0.2, -0.15) is 13.2 Å². The van der Waals surface area contributed by atoms with Crippen LogP contribution in [0.1, 0.15) is 32.3 Å². The Hall–Kier alpha value is -4.74. The van der Waals surface area contributed by atoms with Gasteiger partial charge in [0.1, 0.15) is 10.9 Å². The SMILES string of the molecule is O=C(Nc1cccc(SC(C(=O)Nc2cc(C(F)(F)F)ccc2Cl)c2ccccc2)c1)/C(=C\c1ccc(Cl)cc1Cl)NC(=O)c1ccccc1. The monoisotopic (exact) mass is 753 g/mol. The van der Waals surface area contributed by atoms with E-state index in [2.05, 4.69) is 16.0 Å². The third-order valence-corrected chi connectivity index (χ3v) is 9.17. The summed E-state index contributed by atoms with van der Waals surface area (Å²) in [6.07, 6.45) is -3.22. The van der Waals surface area contributed by atoms with Crippen molar-refractivity contribution < 1.29 is 27.6 Å². The quantitative estimate of drug-likeness (QED) is 0.0979. The Kier molecular flexibility index (Phi) is 11.9. The minimum Gasteiger partial charge on any atom is -0.323 e. The van der Waals surface area contributed by atoms with Crippen molar-refractivity contribution in [3.8, 4) is 0 Å². The van der Waals surface area contributed by atoms with Crippen LogP contribution in [0.25, 0.3) is 6.08 Å². The summed E-state index contributed by atoms with van der Waals surface area (Å²) in [4.78, 5) is 40.8. The molecule has 0 aliphatic carbocycles. The summed E-state index contributed by atoms with van der Waals surface area (Å²) >= 11 is 19.7. The van der Waals surface area contributed by atoms with Gasteiger partial charge in [-0.15, -0.1) is 11.8 Å². The number of rotatable bonds is 10. The first kappa shape index (κ1) is 36.5. The molecule has 1 atom stereocenters. The normalized spacial score (nSPS) is 12.2. The molecule has 50 heavy (non-hydrogen) atoms. The van der Waals surface area contributed by atoms with Crippen LogP contribution in [0.4, 0.5) is 24.5 Å². The highest BCUT2D eigenvalue weighted by atomic mass is 35.5. The standard InChI is InChI=1S/C37H25Cl3F3N3O3S/c38-26-16-14-24(30(40)20-26)18-32(46-34(47)23-10-5-2-6-11-23)35(48)44-27-12-7-13-28(21-27)50-33(22-8-3-1-4-9-22)36(49)45-31-19-25(37(41,42)43)15-17-29(31)39/h1-21,33H,(H,44,48)(H,45,49)(H,46,47)/b32-18+. The molecule has 0 fully saturated rings. The van der Waals surface area contributed by atoms with Crippen LogP contribution in [0.2, 0.25) is 15.1 Å². The number of hydrogen-bond donors (Lipinski definition) is 3. The van der Waals surface area contributed by atoms with Crippen LogP contribution in [-0.4, -0.2) is 17.7 Å². The van der Waals surface area contributed by atoms with E-state index in [0.29, 0.717) is 32.3 Å². The fraction of sp³-hybridized carbons (Fsp3) is 0.0541. The van der Waals surface area contributed by atoms with Gasteiger partial charge in [0.25, 0.3) is 11.8 Å². The Bertz CT molecular complexity index is 2060. The first-order valence-electron chi connectivity index (χ1n) is 14.7. The molecular formula is C37H25Cl3F3N3O3S. The first-order chi connectivity index (χ1) is 23.9. The maximum atomic E-state index is 13.6. The number of benzene rings is 5. The molecule has 0 saturated heterocycles. The van der Waals surface area contributed by atoms with E-state index >= 15 is 0 Å². The minimum atomic E-state index is -4.64. The number of alkyl halides is 3. The highest BCUT2D eigenvalue weighted by molar-refractivity contribution is 8.00. The van der Waals surface area contributed by atoms with Gasteiger partial charge >= 0.3 is 6.18 Å². The molecule has 5 rings (SSSR count). The van der Waals surface area contributed by atoms with Crippen molar-refractivity contribution in [2.45, 2.75) is 16.3 Å². The molecule has 3 N–H and O–H groups in total. The number of carbonyl (C=O) groups excluding carboxylic acids is 3. The Morgan fingerprint density at radius 1 is 0.720 bits per heavy atom. The summed E-state index contributed by atoms with van der Waals surface area (Å²) in [5, 5.41) is 7.61. The van der Waals surface area contributed by atoms with E-state index in [1.807, 2.05) is 0 Å². The number of hydrogen-bond acceptors (Lipinski definition) is 4. The van der Waals surface area contributed by atoms with Crippen LogP contribution in [0.3, 0.4) is 0 Å². The third-order valence-electron chi connectivity index (χ3n) is 7.03. The zero-order valence-electron chi connectivity index (χ0n) is 25.6. The number of halogens is 6. The molecule has 0 aromatic heterocycles. The Balaban J connectivity index is 1.40. The smallest absolute Gasteiger partial charge is 0.323 e. The number of thioether (sulfide) groups is 1. The fourth-order valence-electron chi connectivity index (χ4n) is 4.59. The fourth-order valence-corrected chi connectivity index (χ4v) is 6.31. The zero-order valence-corrected chi connectivity index (χ0v) is 28.7. The van der Waals surface area contributed by atoms with Crippen molar-refractivity contribution in [1.82, 2.24) is 5.32 Å². The molecule has 3 amide bonds. The van der Waals surface area contributed by atoms with Crippen LogP contribution in [-0.2, 0) is 15.8 Å². The summed E-state index contributed by atoms with van der Waals surface area (Å²) in [7, 11) is 0. The second-order valence-corrected chi connectivity index (χ2v) is 13.0. The average Bonchev–Trinajstić information content (AvgIpc) is 3.09. The van der Waals surface area contributed by atoms with E-state index in [4.69, 9.17) is 34.8 Å². The van der Waals surface area contributed by atoms with Gasteiger partial charge in [0.05, 0.1) is 16.3 Å². The van der Waals surface area contributed by atoms with Crippen molar-refractivity contribution in [2.24, 2.45) is 0 Å². The topological polar surface area (TPSA) is 87.3 Å². The number of carbonyl (C=O) groups is 3. The summed E-state index contributed by atoms with van der Waals surface area (Å²) in [5.41, 5.74) is 0.389.